The van der Waals surface area contributed by atoms with E-state index in [1.165, 1.54) is 23.5 Å². The van der Waals surface area contributed by atoms with E-state index in [1.807, 2.05) is 12.3 Å². The van der Waals surface area contributed by atoms with Gasteiger partial charge >= 0.3 is 0 Å². The summed E-state index contributed by atoms with van der Waals surface area (Å²) in [6.45, 7) is 1.85. The highest BCUT2D eigenvalue weighted by Gasteiger charge is 2.12. The number of nitrogens with one attached hydrogen (secondary N) is 1. The molecule has 88 valence electrons. The molecular formula is C12H9BrFNOS. The van der Waals surface area contributed by atoms with Gasteiger partial charge in [0, 0.05) is 9.85 Å². The van der Waals surface area contributed by atoms with Crippen molar-refractivity contribution in [1.82, 2.24) is 0 Å². The van der Waals surface area contributed by atoms with Gasteiger partial charge in [0.2, 0.25) is 0 Å². The zero-order valence-electron chi connectivity index (χ0n) is 8.96. The minimum atomic E-state index is -0.458. The van der Waals surface area contributed by atoms with Gasteiger partial charge in [-0.1, -0.05) is 15.9 Å². The molecule has 0 saturated heterocycles. The lowest BCUT2D eigenvalue weighted by atomic mass is 10.2. The second-order valence-corrected chi connectivity index (χ2v) is 5.21. The molecule has 1 N–H and O–H groups in total. The number of aryl methyl sites for hydroxylation is 1. The van der Waals surface area contributed by atoms with Gasteiger partial charge in [-0.05, 0) is 36.1 Å². The van der Waals surface area contributed by atoms with Crippen molar-refractivity contribution in [2.45, 2.75) is 6.92 Å². The number of rotatable bonds is 2. The maximum atomic E-state index is 13.5. The molecular weight excluding hydrogens is 305 g/mol. The molecule has 1 aromatic heterocycles. The van der Waals surface area contributed by atoms with E-state index in [2.05, 4.69) is 21.2 Å². The highest BCUT2D eigenvalue weighted by atomic mass is 79.9. The zero-order valence-corrected chi connectivity index (χ0v) is 11.4. The maximum absolute atomic E-state index is 13.5. The third-order valence-electron chi connectivity index (χ3n) is 2.28. The van der Waals surface area contributed by atoms with Crippen LogP contribution >= 0.6 is 27.3 Å². The minimum absolute atomic E-state index is 0.184. The lowest BCUT2D eigenvalue weighted by Gasteiger charge is -2.06. The van der Waals surface area contributed by atoms with Crippen LogP contribution < -0.4 is 5.32 Å². The van der Waals surface area contributed by atoms with E-state index in [9.17, 15) is 9.18 Å². The average Bonchev–Trinajstić information content (AvgIpc) is 2.68. The number of carbonyl (C=O) groups excluding carboxylic acids is 1. The Morgan fingerprint density at radius 3 is 2.76 bits per heavy atom. The zero-order chi connectivity index (χ0) is 12.4. The molecule has 0 aliphatic carbocycles. The Hall–Kier alpha value is -1.20. The fourth-order valence-corrected chi connectivity index (χ4v) is 2.53. The van der Waals surface area contributed by atoms with E-state index in [4.69, 9.17) is 0 Å². The standard InChI is InChI=1S/C12H9BrFNOS/c1-7-5-17-6-9(7)12(16)15-11-3-2-8(13)4-10(11)14/h2-6H,1H3,(H,15,16). The molecule has 1 aromatic carbocycles. The largest absolute Gasteiger partial charge is 0.319 e. The number of halogens is 2. The lowest BCUT2D eigenvalue weighted by Crippen LogP contribution is -2.13. The van der Waals surface area contributed by atoms with Gasteiger partial charge in [-0.2, -0.15) is 11.3 Å². The van der Waals surface area contributed by atoms with Gasteiger partial charge in [0.15, 0.2) is 0 Å². The molecule has 5 heteroatoms. The number of anilines is 1. The lowest BCUT2D eigenvalue weighted by molar-refractivity contribution is 0.102. The average molecular weight is 314 g/mol. The van der Waals surface area contributed by atoms with Crippen LogP contribution in [-0.4, -0.2) is 5.91 Å². The summed E-state index contributed by atoms with van der Waals surface area (Å²) < 4.78 is 14.1. The summed E-state index contributed by atoms with van der Waals surface area (Å²) in [4.78, 5) is 11.9. The van der Waals surface area contributed by atoms with E-state index in [1.54, 1.807) is 11.4 Å². The van der Waals surface area contributed by atoms with Crippen LogP contribution in [-0.2, 0) is 0 Å². The third kappa shape index (κ3) is 2.73. The van der Waals surface area contributed by atoms with Crippen molar-refractivity contribution >= 4 is 38.9 Å². The Labute approximate surface area is 111 Å². The highest BCUT2D eigenvalue weighted by molar-refractivity contribution is 9.10. The topological polar surface area (TPSA) is 29.1 Å². The quantitative estimate of drug-likeness (QED) is 0.884. The van der Waals surface area contributed by atoms with Gasteiger partial charge in [0.1, 0.15) is 5.82 Å². The Bertz CT molecular complexity index is 567. The number of benzene rings is 1. The number of amides is 1. The van der Waals surface area contributed by atoms with Gasteiger partial charge in [-0.3, -0.25) is 4.79 Å². The predicted molar refractivity (Wildman–Crippen MR) is 71.1 cm³/mol. The van der Waals surface area contributed by atoms with Crippen molar-refractivity contribution in [3.05, 3.63) is 50.4 Å². The fraction of sp³-hybridized carbons (Fsp3) is 0.0833. The number of carbonyl (C=O) groups is 1. The smallest absolute Gasteiger partial charge is 0.256 e. The van der Waals surface area contributed by atoms with Crippen LogP contribution in [0.25, 0.3) is 0 Å². The first-order valence-corrected chi connectivity index (χ1v) is 6.60. The van der Waals surface area contributed by atoms with Crippen molar-refractivity contribution < 1.29 is 9.18 Å². The van der Waals surface area contributed by atoms with Crippen molar-refractivity contribution in [2.75, 3.05) is 5.32 Å². The summed E-state index contributed by atoms with van der Waals surface area (Å²) in [6, 6.07) is 4.52. The Morgan fingerprint density at radius 1 is 1.41 bits per heavy atom. The molecule has 2 nitrogen and oxygen atoms in total. The van der Waals surface area contributed by atoms with Crippen molar-refractivity contribution in [3.8, 4) is 0 Å². The molecule has 1 amide bonds. The molecule has 0 unspecified atom stereocenters. The molecule has 0 aliphatic heterocycles. The van der Waals surface area contributed by atoms with Crippen LogP contribution in [0.2, 0.25) is 0 Å². The monoisotopic (exact) mass is 313 g/mol. The van der Waals surface area contributed by atoms with E-state index < -0.39 is 5.82 Å². The molecule has 2 aromatic rings. The van der Waals surface area contributed by atoms with Crippen LogP contribution in [0.15, 0.2) is 33.4 Å². The van der Waals surface area contributed by atoms with Gasteiger partial charge in [0.05, 0.1) is 11.3 Å². The molecule has 1 heterocycles. The van der Waals surface area contributed by atoms with E-state index in [0.717, 1.165) is 5.56 Å². The summed E-state index contributed by atoms with van der Waals surface area (Å²) in [5.41, 5.74) is 1.66. The number of hydrogen-bond acceptors (Lipinski definition) is 2. The van der Waals surface area contributed by atoms with Gasteiger partial charge in [0.25, 0.3) is 5.91 Å². The molecule has 0 saturated carbocycles. The second kappa shape index (κ2) is 4.98. The van der Waals surface area contributed by atoms with Crippen LogP contribution in [0.4, 0.5) is 10.1 Å². The van der Waals surface area contributed by atoms with E-state index in [0.29, 0.717) is 10.0 Å². The van der Waals surface area contributed by atoms with Crippen molar-refractivity contribution in [3.63, 3.8) is 0 Å². The molecule has 0 aliphatic rings. The predicted octanol–water partition coefficient (Wildman–Crippen LogP) is 4.21. The summed E-state index contributed by atoms with van der Waals surface area (Å²) in [7, 11) is 0. The number of hydrogen-bond donors (Lipinski definition) is 1. The van der Waals surface area contributed by atoms with Crippen molar-refractivity contribution in [2.24, 2.45) is 0 Å². The molecule has 0 fully saturated rings. The van der Waals surface area contributed by atoms with Crippen LogP contribution in [0.5, 0.6) is 0 Å². The first-order chi connectivity index (χ1) is 8.08. The summed E-state index contributed by atoms with van der Waals surface area (Å²) in [6.07, 6.45) is 0. The highest BCUT2D eigenvalue weighted by Crippen LogP contribution is 2.21. The van der Waals surface area contributed by atoms with Gasteiger partial charge < -0.3 is 5.32 Å². The molecule has 0 radical (unpaired) electrons. The summed E-state index contributed by atoms with van der Waals surface area (Å²) >= 11 is 4.61. The maximum Gasteiger partial charge on any atom is 0.256 e. The Morgan fingerprint density at radius 2 is 2.18 bits per heavy atom. The number of thiophene rings is 1. The second-order valence-electron chi connectivity index (χ2n) is 3.55. The molecule has 17 heavy (non-hydrogen) atoms. The van der Waals surface area contributed by atoms with Crippen molar-refractivity contribution in [1.29, 1.82) is 0 Å². The summed E-state index contributed by atoms with van der Waals surface area (Å²) in [5.74, 6) is -0.745. The van der Waals surface area contributed by atoms with E-state index in [-0.39, 0.29) is 11.6 Å². The third-order valence-corrected chi connectivity index (χ3v) is 3.63. The van der Waals surface area contributed by atoms with Crippen LogP contribution in [0.3, 0.4) is 0 Å². The van der Waals surface area contributed by atoms with Crippen LogP contribution in [0, 0.1) is 12.7 Å². The van der Waals surface area contributed by atoms with Crippen LogP contribution in [0.1, 0.15) is 15.9 Å². The Kier molecular flexibility index (Phi) is 3.59. The SMILES string of the molecule is Cc1cscc1C(=O)Nc1ccc(Br)cc1F. The molecule has 0 bridgehead atoms. The summed E-state index contributed by atoms with van der Waals surface area (Å²) in [5, 5.41) is 6.19. The normalized spacial score (nSPS) is 10.3. The van der Waals surface area contributed by atoms with Gasteiger partial charge in [-0.15, -0.1) is 0 Å². The minimum Gasteiger partial charge on any atom is -0.319 e. The first-order valence-electron chi connectivity index (χ1n) is 4.87. The van der Waals surface area contributed by atoms with E-state index >= 15 is 0 Å². The fourth-order valence-electron chi connectivity index (χ4n) is 1.37. The molecule has 0 spiro atoms. The van der Waals surface area contributed by atoms with Gasteiger partial charge in [-0.25, -0.2) is 4.39 Å². The molecule has 0 atom stereocenters. The molecule has 2 rings (SSSR count). The Balaban J connectivity index is 2.22. The first kappa shape index (κ1) is 12.3.